The van der Waals surface area contributed by atoms with E-state index in [1.165, 1.54) is 0 Å². The Labute approximate surface area is 211 Å². The molecule has 11 nitrogen and oxygen atoms in total. The molecule has 3 heterocycles. The van der Waals surface area contributed by atoms with E-state index >= 15 is 0 Å². The fourth-order valence-corrected chi connectivity index (χ4v) is 4.00. The zero-order valence-electron chi connectivity index (χ0n) is 20.6. The van der Waals surface area contributed by atoms with Crippen LogP contribution in [0.4, 0.5) is 17.2 Å². The van der Waals surface area contributed by atoms with Crippen molar-refractivity contribution in [2.45, 2.75) is 25.5 Å². The molecule has 0 unspecified atom stereocenters. The summed E-state index contributed by atoms with van der Waals surface area (Å²) in [5.74, 6) is 0.827. The van der Waals surface area contributed by atoms with Gasteiger partial charge in [0.2, 0.25) is 5.82 Å². The van der Waals surface area contributed by atoms with Gasteiger partial charge in [-0.25, -0.2) is 4.98 Å². The molecule has 0 saturated heterocycles. The van der Waals surface area contributed by atoms with Crippen LogP contribution in [0.5, 0.6) is 0 Å². The number of aryl methyl sites for hydroxylation is 1. The Bertz CT molecular complexity index is 1600. The van der Waals surface area contributed by atoms with Crippen molar-refractivity contribution in [3.63, 3.8) is 0 Å². The van der Waals surface area contributed by atoms with E-state index in [9.17, 15) is 15.0 Å². The van der Waals surface area contributed by atoms with Crippen molar-refractivity contribution in [1.82, 2.24) is 24.9 Å². The second kappa shape index (κ2) is 9.52. The van der Waals surface area contributed by atoms with Crippen molar-refractivity contribution in [2.75, 3.05) is 17.2 Å². The molecule has 190 valence electrons. The Morgan fingerprint density at radius 3 is 2.65 bits per heavy atom. The van der Waals surface area contributed by atoms with Gasteiger partial charge in [-0.3, -0.25) is 14.6 Å². The average molecular weight is 502 g/mol. The summed E-state index contributed by atoms with van der Waals surface area (Å²) in [5.41, 5.74) is 2.03. The smallest absolute Gasteiger partial charge is 0.271 e. The van der Waals surface area contributed by atoms with E-state index in [0.29, 0.717) is 22.5 Å². The normalized spacial score (nSPS) is 12.6. The second-order valence-corrected chi connectivity index (χ2v) is 9.24. The van der Waals surface area contributed by atoms with E-state index in [-0.39, 0.29) is 23.9 Å². The van der Waals surface area contributed by atoms with Crippen molar-refractivity contribution in [3.8, 4) is 11.5 Å². The summed E-state index contributed by atoms with van der Waals surface area (Å²) < 4.78 is 7.10. The van der Waals surface area contributed by atoms with Crippen molar-refractivity contribution in [3.05, 3.63) is 82.5 Å². The lowest BCUT2D eigenvalue weighted by molar-refractivity contribution is 0.0661. The molecule has 3 aromatic heterocycles. The number of nitrogens with one attached hydrogen (secondary N) is 3. The van der Waals surface area contributed by atoms with Gasteiger partial charge in [-0.15, -0.1) is 0 Å². The molecule has 0 saturated carbocycles. The summed E-state index contributed by atoms with van der Waals surface area (Å²) in [7, 11) is 1.77. The van der Waals surface area contributed by atoms with E-state index in [0.717, 1.165) is 16.8 Å². The number of anilines is 3. The number of aliphatic hydroxyl groups excluding tert-OH is 1. The van der Waals surface area contributed by atoms with Crippen molar-refractivity contribution < 1.29 is 14.7 Å². The lowest BCUT2D eigenvalue weighted by Crippen LogP contribution is -2.17. The van der Waals surface area contributed by atoms with Gasteiger partial charge in [0.1, 0.15) is 11.4 Å². The number of pyridine rings is 1. The maximum absolute atomic E-state index is 12.0. The molecule has 0 aliphatic heterocycles. The first-order chi connectivity index (χ1) is 17.7. The van der Waals surface area contributed by atoms with E-state index in [1.807, 2.05) is 36.4 Å². The van der Waals surface area contributed by atoms with Crippen LogP contribution in [0.1, 0.15) is 31.3 Å². The molecule has 5 N–H and O–H groups in total. The number of H-pyrrole nitrogens is 1. The third-order valence-electron chi connectivity index (χ3n) is 5.97. The minimum atomic E-state index is -1.28. The lowest BCUT2D eigenvalue weighted by Gasteiger charge is -2.20. The molecule has 0 spiro atoms. The molecular formula is C26H27N7O4. The van der Waals surface area contributed by atoms with E-state index < -0.39 is 11.6 Å². The predicted octanol–water partition coefficient (Wildman–Crippen LogP) is 3.43. The Hall–Kier alpha value is -4.48. The first-order valence-corrected chi connectivity index (χ1v) is 11.7. The minimum Gasteiger partial charge on any atom is -0.394 e. The SMILES string of the molecule is Cn1[nH]c(=O)c2ccc(Nc3cc(N[C@H](CO)c4ccccc4)c(-c4nc(C(C)(C)O)no4)cn3)cc21. The van der Waals surface area contributed by atoms with Crippen molar-refractivity contribution in [2.24, 2.45) is 7.05 Å². The third kappa shape index (κ3) is 4.95. The van der Waals surface area contributed by atoms with E-state index in [1.54, 1.807) is 50.0 Å². The number of hydrogen-bond acceptors (Lipinski definition) is 9. The molecule has 37 heavy (non-hydrogen) atoms. The Balaban J connectivity index is 1.53. The number of nitrogens with zero attached hydrogens (tertiary/aromatic N) is 4. The van der Waals surface area contributed by atoms with E-state index in [2.05, 4.69) is 30.9 Å². The highest BCUT2D eigenvalue weighted by Gasteiger charge is 2.25. The number of hydrogen-bond donors (Lipinski definition) is 5. The highest BCUT2D eigenvalue weighted by molar-refractivity contribution is 5.83. The van der Waals surface area contributed by atoms with Crippen LogP contribution in [0, 0.1) is 0 Å². The lowest BCUT2D eigenvalue weighted by atomic mass is 10.1. The first kappa shape index (κ1) is 24.2. The summed E-state index contributed by atoms with van der Waals surface area (Å²) in [6.45, 7) is 2.98. The Morgan fingerprint density at radius 2 is 1.95 bits per heavy atom. The van der Waals surface area contributed by atoms with Crippen LogP contribution in [-0.4, -0.2) is 41.7 Å². The van der Waals surface area contributed by atoms with Crippen molar-refractivity contribution >= 4 is 28.1 Å². The van der Waals surface area contributed by atoms with Crippen LogP contribution in [0.3, 0.4) is 0 Å². The molecule has 0 radical (unpaired) electrons. The molecule has 2 aromatic carbocycles. The monoisotopic (exact) mass is 501 g/mol. The highest BCUT2D eigenvalue weighted by Crippen LogP contribution is 2.33. The molecule has 5 rings (SSSR count). The largest absolute Gasteiger partial charge is 0.394 e. The number of rotatable bonds is 8. The summed E-state index contributed by atoms with van der Waals surface area (Å²) in [4.78, 5) is 20.9. The molecule has 0 bridgehead atoms. The highest BCUT2D eigenvalue weighted by atomic mass is 16.5. The van der Waals surface area contributed by atoms with Gasteiger partial charge in [-0.05, 0) is 37.6 Å². The average Bonchev–Trinajstić information content (AvgIpc) is 3.48. The van der Waals surface area contributed by atoms with Crippen LogP contribution < -0.4 is 16.2 Å². The molecule has 0 aliphatic rings. The number of aliphatic hydroxyl groups is 2. The fourth-order valence-electron chi connectivity index (χ4n) is 4.00. The van der Waals surface area contributed by atoms with Crippen LogP contribution in [0.25, 0.3) is 22.4 Å². The summed E-state index contributed by atoms with van der Waals surface area (Å²) in [6.07, 6.45) is 1.58. The van der Waals surface area contributed by atoms with Gasteiger partial charge in [0, 0.05) is 25.0 Å². The summed E-state index contributed by atoms with van der Waals surface area (Å²) in [5, 5.41) is 34.3. The number of aromatic nitrogens is 5. The Kier molecular flexibility index (Phi) is 6.24. The summed E-state index contributed by atoms with van der Waals surface area (Å²) in [6, 6.07) is 16.3. The molecule has 5 aromatic rings. The quantitative estimate of drug-likeness (QED) is 0.215. The molecular weight excluding hydrogens is 474 g/mol. The zero-order valence-corrected chi connectivity index (χ0v) is 20.6. The topological polar surface area (TPSA) is 154 Å². The standard InChI is InChI=1S/C26H27N7O4/c1-26(2,36)25-30-24(37-32-25)18-13-27-22(12-19(18)29-20(14-34)15-7-5-4-6-8-15)28-16-9-10-17-21(11-16)33(3)31-23(17)35/h4-13,20,34,36H,14H2,1-3H3,(H,31,35)(H2,27,28,29)/t20-/m1/s1. The van der Waals surface area contributed by atoms with Gasteiger partial charge < -0.3 is 25.4 Å². The van der Waals surface area contributed by atoms with Crippen LogP contribution in [0.15, 0.2) is 70.1 Å². The number of benzene rings is 2. The van der Waals surface area contributed by atoms with Gasteiger partial charge in [0.05, 0.1) is 34.8 Å². The maximum Gasteiger partial charge on any atom is 0.271 e. The molecule has 0 aliphatic carbocycles. The van der Waals surface area contributed by atoms with E-state index in [4.69, 9.17) is 4.52 Å². The molecule has 0 amide bonds. The number of fused-ring (bicyclic) bond motifs is 1. The fraction of sp³-hybridized carbons (Fsp3) is 0.231. The summed E-state index contributed by atoms with van der Waals surface area (Å²) >= 11 is 0. The minimum absolute atomic E-state index is 0.142. The molecule has 0 fully saturated rings. The first-order valence-electron chi connectivity index (χ1n) is 11.7. The van der Waals surface area contributed by atoms with Gasteiger partial charge in [-0.2, -0.15) is 4.98 Å². The van der Waals surface area contributed by atoms with Gasteiger partial charge in [0.15, 0.2) is 0 Å². The van der Waals surface area contributed by atoms with Gasteiger partial charge in [-0.1, -0.05) is 35.5 Å². The molecule has 1 atom stereocenters. The van der Waals surface area contributed by atoms with Gasteiger partial charge >= 0.3 is 0 Å². The third-order valence-corrected chi connectivity index (χ3v) is 5.97. The van der Waals surface area contributed by atoms with Crippen LogP contribution in [-0.2, 0) is 12.6 Å². The number of aromatic amines is 1. The maximum atomic E-state index is 12.0. The second-order valence-electron chi connectivity index (χ2n) is 9.24. The van der Waals surface area contributed by atoms with Gasteiger partial charge in [0.25, 0.3) is 11.4 Å². The molecule has 11 heteroatoms. The van der Waals surface area contributed by atoms with Crippen LogP contribution >= 0.6 is 0 Å². The predicted molar refractivity (Wildman–Crippen MR) is 139 cm³/mol. The Morgan fingerprint density at radius 1 is 1.16 bits per heavy atom. The zero-order chi connectivity index (χ0) is 26.2. The van der Waals surface area contributed by atoms with Crippen molar-refractivity contribution in [1.29, 1.82) is 0 Å². The van der Waals surface area contributed by atoms with Crippen LogP contribution in [0.2, 0.25) is 0 Å².